The van der Waals surface area contributed by atoms with Gasteiger partial charge in [0, 0.05) is 18.0 Å². The summed E-state index contributed by atoms with van der Waals surface area (Å²) in [5, 5.41) is 4.46. The molecule has 2 aromatic rings. The van der Waals surface area contributed by atoms with E-state index in [0.29, 0.717) is 24.0 Å². The van der Waals surface area contributed by atoms with E-state index in [1.807, 2.05) is 4.57 Å². The predicted molar refractivity (Wildman–Crippen MR) is 114 cm³/mol. The van der Waals surface area contributed by atoms with Crippen molar-refractivity contribution in [3.8, 4) is 0 Å². The molecule has 148 valence electrons. The molecule has 7 heteroatoms. The van der Waals surface area contributed by atoms with Gasteiger partial charge in [0.15, 0.2) is 5.16 Å². The number of aryl methyl sites for hydroxylation is 2. The number of hydrogen-bond acceptors (Lipinski definition) is 5. The summed E-state index contributed by atoms with van der Waals surface area (Å²) in [7, 11) is 0. The molecule has 0 aromatic carbocycles. The normalized spacial score (nSPS) is 13.3. The molecule has 1 N–H and O–H groups in total. The maximum Gasteiger partial charge on any atom is 0.263 e. The van der Waals surface area contributed by atoms with Gasteiger partial charge in [-0.3, -0.25) is 14.2 Å². The Bertz CT molecular complexity index is 857. The Morgan fingerprint density at radius 2 is 2.04 bits per heavy atom. The van der Waals surface area contributed by atoms with Gasteiger partial charge in [0.25, 0.3) is 5.56 Å². The predicted octanol–water partition coefficient (Wildman–Crippen LogP) is 4.15. The van der Waals surface area contributed by atoms with Crippen LogP contribution in [-0.4, -0.2) is 27.8 Å². The fraction of sp³-hybridized carbons (Fsp3) is 0.650. The summed E-state index contributed by atoms with van der Waals surface area (Å²) < 4.78 is 1.81. The van der Waals surface area contributed by atoms with E-state index < -0.39 is 0 Å². The largest absolute Gasteiger partial charge is 0.355 e. The number of fused-ring (bicyclic) bond motifs is 3. The number of carbonyl (C=O) groups excluding carboxylic acids is 1. The van der Waals surface area contributed by atoms with Gasteiger partial charge in [-0.05, 0) is 37.7 Å². The third-order valence-corrected chi connectivity index (χ3v) is 7.12. The summed E-state index contributed by atoms with van der Waals surface area (Å²) in [6.07, 6.45) is 8.41. The summed E-state index contributed by atoms with van der Waals surface area (Å²) >= 11 is 3.05. The van der Waals surface area contributed by atoms with Gasteiger partial charge in [-0.15, -0.1) is 11.3 Å². The Labute approximate surface area is 169 Å². The standard InChI is InChI=1S/C20H29N3O2S2/c1-3-5-7-12-23-19(25)17-14-9-8-10-15(14)27-18(17)22-20(23)26-13-16(24)21-11-6-4-2/h3-13H2,1-2H3,(H,21,24). The number of nitrogens with zero attached hydrogens (tertiary/aromatic N) is 2. The van der Waals surface area contributed by atoms with Crippen LogP contribution in [0.2, 0.25) is 0 Å². The van der Waals surface area contributed by atoms with E-state index in [0.717, 1.165) is 61.6 Å². The van der Waals surface area contributed by atoms with Crippen LogP contribution in [0.1, 0.15) is 62.8 Å². The van der Waals surface area contributed by atoms with Gasteiger partial charge in [-0.1, -0.05) is 44.9 Å². The van der Waals surface area contributed by atoms with Gasteiger partial charge < -0.3 is 5.32 Å². The van der Waals surface area contributed by atoms with Crippen LogP contribution in [0.15, 0.2) is 9.95 Å². The fourth-order valence-corrected chi connectivity index (χ4v) is 5.63. The highest BCUT2D eigenvalue weighted by Crippen LogP contribution is 2.35. The van der Waals surface area contributed by atoms with E-state index in [-0.39, 0.29) is 11.5 Å². The maximum atomic E-state index is 13.2. The summed E-state index contributed by atoms with van der Waals surface area (Å²) in [6, 6.07) is 0. The first-order valence-corrected chi connectivity index (χ1v) is 11.9. The number of aromatic nitrogens is 2. The van der Waals surface area contributed by atoms with Crippen LogP contribution in [-0.2, 0) is 24.2 Å². The molecule has 0 bridgehead atoms. The van der Waals surface area contributed by atoms with Crippen molar-refractivity contribution in [1.82, 2.24) is 14.9 Å². The molecule has 0 atom stereocenters. The van der Waals surface area contributed by atoms with Gasteiger partial charge in [-0.25, -0.2) is 4.98 Å². The highest BCUT2D eigenvalue weighted by atomic mass is 32.2. The molecule has 3 rings (SSSR count). The van der Waals surface area contributed by atoms with Crippen molar-refractivity contribution in [3.63, 3.8) is 0 Å². The number of unbranched alkanes of at least 4 members (excludes halogenated alkanes) is 3. The molecule has 27 heavy (non-hydrogen) atoms. The molecule has 1 amide bonds. The molecule has 0 saturated carbocycles. The Balaban J connectivity index is 1.84. The zero-order valence-electron chi connectivity index (χ0n) is 16.3. The minimum absolute atomic E-state index is 0.0107. The van der Waals surface area contributed by atoms with Gasteiger partial charge in [0.05, 0.1) is 11.1 Å². The van der Waals surface area contributed by atoms with Crippen LogP contribution in [0, 0.1) is 0 Å². The van der Waals surface area contributed by atoms with Crippen LogP contribution in [0.5, 0.6) is 0 Å². The topological polar surface area (TPSA) is 64.0 Å². The number of nitrogens with one attached hydrogen (secondary N) is 1. The lowest BCUT2D eigenvalue weighted by atomic mass is 10.2. The maximum absolute atomic E-state index is 13.2. The van der Waals surface area contributed by atoms with Gasteiger partial charge >= 0.3 is 0 Å². The van der Waals surface area contributed by atoms with Crippen LogP contribution in [0.25, 0.3) is 10.2 Å². The Morgan fingerprint density at radius 3 is 2.81 bits per heavy atom. The molecule has 2 aromatic heterocycles. The molecule has 2 heterocycles. The van der Waals surface area contributed by atoms with Crippen LogP contribution < -0.4 is 10.9 Å². The van der Waals surface area contributed by atoms with E-state index in [2.05, 4.69) is 19.2 Å². The molecular formula is C20H29N3O2S2. The van der Waals surface area contributed by atoms with Crippen molar-refractivity contribution >= 4 is 39.2 Å². The van der Waals surface area contributed by atoms with Crippen LogP contribution >= 0.6 is 23.1 Å². The number of hydrogen-bond donors (Lipinski definition) is 1. The molecule has 0 aliphatic heterocycles. The minimum Gasteiger partial charge on any atom is -0.355 e. The second-order valence-corrected chi connectivity index (χ2v) is 9.11. The number of carbonyl (C=O) groups is 1. The molecule has 5 nitrogen and oxygen atoms in total. The van der Waals surface area contributed by atoms with Gasteiger partial charge in [-0.2, -0.15) is 0 Å². The monoisotopic (exact) mass is 407 g/mol. The minimum atomic E-state index is 0.0107. The van der Waals surface area contributed by atoms with Crippen molar-refractivity contribution in [2.24, 2.45) is 0 Å². The summed E-state index contributed by atoms with van der Waals surface area (Å²) in [6.45, 7) is 5.66. The molecule has 0 spiro atoms. The highest BCUT2D eigenvalue weighted by molar-refractivity contribution is 7.99. The number of amides is 1. The van der Waals surface area contributed by atoms with E-state index in [9.17, 15) is 9.59 Å². The van der Waals surface area contributed by atoms with E-state index in [4.69, 9.17) is 4.98 Å². The Hall–Kier alpha value is -1.34. The molecule has 0 fully saturated rings. The van der Waals surface area contributed by atoms with Crippen molar-refractivity contribution in [2.45, 2.75) is 76.9 Å². The Kier molecular flexibility index (Phi) is 7.35. The zero-order valence-corrected chi connectivity index (χ0v) is 17.9. The lowest BCUT2D eigenvalue weighted by Crippen LogP contribution is -2.27. The summed E-state index contributed by atoms with van der Waals surface area (Å²) in [5.41, 5.74) is 1.31. The number of thiophene rings is 1. The average Bonchev–Trinajstić information content (AvgIpc) is 3.23. The molecule has 1 aliphatic carbocycles. The highest BCUT2D eigenvalue weighted by Gasteiger charge is 2.23. The lowest BCUT2D eigenvalue weighted by molar-refractivity contribution is -0.118. The third kappa shape index (κ3) is 4.74. The second-order valence-electron chi connectivity index (χ2n) is 7.09. The Morgan fingerprint density at radius 1 is 1.22 bits per heavy atom. The molecular weight excluding hydrogens is 378 g/mol. The first-order valence-electron chi connectivity index (χ1n) is 10.1. The average molecular weight is 408 g/mol. The second kappa shape index (κ2) is 9.73. The van der Waals surface area contributed by atoms with Gasteiger partial charge in [0.2, 0.25) is 5.91 Å². The quantitative estimate of drug-likeness (QED) is 0.365. The van der Waals surface area contributed by atoms with Crippen molar-refractivity contribution in [1.29, 1.82) is 0 Å². The summed E-state index contributed by atoms with van der Waals surface area (Å²) in [5.74, 6) is 0.317. The van der Waals surface area contributed by atoms with E-state index in [1.54, 1.807) is 11.3 Å². The van der Waals surface area contributed by atoms with Crippen molar-refractivity contribution in [3.05, 3.63) is 20.8 Å². The fourth-order valence-electron chi connectivity index (χ4n) is 3.47. The van der Waals surface area contributed by atoms with Crippen molar-refractivity contribution in [2.75, 3.05) is 12.3 Å². The van der Waals surface area contributed by atoms with Crippen LogP contribution in [0.4, 0.5) is 0 Å². The molecule has 0 saturated heterocycles. The van der Waals surface area contributed by atoms with E-state index in [1.165, 1.54) is 22.2 Å². The van der Waals surface area contributed by atoms with Crippen molar-refractivity contribution < 1.29 is 4.79 Å². The SMILES string of the molecule is CCCCCn1c(SCC(=O)NCCCC)nc2sc3c(c2c1=O)CCC3. The third-order valence-electron chi connectivity index (χ3n) is 4.96. The first kappa shape index (κ1) is 20.4. The zero-order chi connectivity index (χ0) is 19.2. The number of thioether (sulfide) groups is 1. The molecule has 0 radical (unpaired) electrons. The smallest absolute Gasteiger partial charge is 0.263 e. The molecule has 0 unspecified atom stereocenters. The van der Waals surface area contributed by atoms with Crippen LogP contribution in [0.3, 0.4) is 0 Å². The summed E-state index contributed by atoms with van der Waals surface area (Å²) in [4.78, 5) is 32.3. The first-order chi connectivity index (χ1) is 13.2. The lowest BCUT2D eigenvalue weighted by Gasteiger charge is -2.12. The van der Waals surface area contributed by atoms with E-state index >= 15 is 0 Å². The number of rotatable bonds is 10. The van der Waals surface area contributed by atoms with Gasteiger partial charge in [0.1, 0.15) is 4.83 Å². The molecule has 1 aliphatic rings.